The van der Waals surface area contributed by atoms with Crippen LogP contribution in [-0.4, -0.2) is 20.9 Å². The van der Waals surface area contributed by atoms with Gasteiger partial charge in [0.05, 0.1) is 11.8 Å². The summed E-state index contributed by atoms with van der Waals surface area (Å²) in [6, 6.07) is 14.5. The van der Waals surface area contributed by atoms with Crippen LogP contribution in [0.25, 0.3) is 22.8 Å². The molecule has 0 saturated carbocycles. The topological polar surface area (TPSA) is 92.9 Å². The first-order valence-electron chi connectivity index (χ1n) is 8.35. The predicted molar refractivity (Wildman–Crippen MR) is 100 cm³/mol. The Morgan fingerprint density at radius 2 is 1.68 bits per heavy atom. The van der Waals surface area contributed by atoms with E-state index in [0.29, 0.717) is 22.5 Å². The molecule has 0 saturated heterocycles. The van der Waals surface area contributed by atoms with Gasteiger partial charge in [0.15, 0.2) is 5.76 Å². The first kappa shape index (κ1) is 17.3. The van der Waals surface area contributed by atoms with Gasteiger partial charge in [0.2, 0.25) is 11.8 Å². The van der Waals surface area contributed by atoms with Gasteiger partial charge in [0.25, 0.3) is 5.91 Å². The minimum atomic E-state index is -0.399. The molecule has 0 aliphatic heterocycles. The molecule has 2 N–H and O–H groups in total. The molecule has 2 aromatic carbocycles. The van der Waals surface area contributed by atoms with E-state index in [-0.39, 0.29) is 17.7 Å². The molecule has 0 unspecified atom stereocenters. The standard InChI is InChI=1S/C20H14FN5O2/c21-14-8-6-13(7-9-14)17-12-24-19(28-17)16-5-2-1-4-15(16)18(27)25-26-20-22-10-3-11-23-20/h1-12H,(H,25,27)(H,22,23,26). The van der Waals surface area contributed by atoms with Gasteiger partial charge in [-0.05, 0) is 42.5 Å². The number of benzene rings is 2. The van der Waals surface area contributed by atoms with Gasteiger partial charge in [-0.1, -0.05) is 12.1 Å². The fourth-order valence-corrected chi connectivity index (χ4v) is 2.56. The Bertz CT molecular complexity index is 1100. The lowest BCUT2D eigenvalue weighted by atomic mass is 10.1. The maximum absolute atomic E-state index is 13.1. The van der Waals surface area contributed by atoms with Gasteiger partial charge >= 0.3 is 0 Å². The zero-order valence-electron chi connectivity index (χ0n) is 14.5. The monoisotopic (exact) mass is 375 g/mol. The first-order chi connectivity index (χ1) is 13.7. The summed E-state index contributed by atoms with van der Waals surface area (Å²) in [5, 5.41) is 0. The van der Waals surface area contributed by atoms with E-state index in [2.05, 4.69) is 25.8 Å². The molecule has 4 aromatic rings. The van der Waals surface area contributed by atoms with Gasteiger partial charge in [0.1, 0.15) is 5.82 Å². The molecule has 0 fully saturated rings. The van der Waals surface area contributed by atoms with Crippen LogP contribution in [0.3, 0.4) is 0 Å². The zero-order chi connectivity index (χ0) is 19.3. The molecule has 28 heavy (non-hydrogen) atoms. The second-order valence-electron chi connectivity index (χ2n) is 5.73. The Hall–Kier alpha value is -4.07. The fourth-order valence-electron chi connectivity index (χ4n) is 2.56. The van der Waals surface area contributed by atoms with Crippen LogP contribution in [0.5, 0.6) is 0 Å². The van der Waals surface area contributed by atoms with Gasteiger partial charge < -0.3 is 4.42 Å². The smallest absolute Gasteiger partial charge is 0.270 e. The second kappa shape index (κ2) is 7.67. The van der Waals surface area contributed by atoms with Crippen molar-refractivity contribution in [2.24, 2.45) is 0 Å². The van der Waals surface area contributed by atoms with Crippen molar-refractivity contribution in [3.63, 3.8) is 0 Å². The molecule has 0 bridgehead atoms. The highest BCUT2D eigenvalue weighted by molar-refractivity contribution is 6.00. The third-order valence-electron chi connectivity index (χ3n) is 3.89. The van der Waals surface area contributed by atoms with Gasteiger partial charge in [-0.25, -0.2) is 19.3 Å². The number of hydrogen-bond acceptors (Lipinski definition) is 6. The SMILES string of the molecule is O=C(NNc1ncccn1)c1ccccc1-c1ncc(-c2ccc(F)cc2)o1. The van der Waals surface area contributed by atoms with Gasteiger partial charge in [-0.3, -0.25) is 15.6 Å². The van der Waals surface area contributed by atoms with Crippen LogP contribution >= 0.6 is 0 Å². The number of aromatic nitrogens is 3. The molecule has 0 atom stereocenters. The van der Waals surface area contributed by atoms with E-state index < -0.39 is 5.91 Å². The molecule has 2 heterocycles. The Kier molecular flexibility index (Phi) is 4.75. The summed E-state index contributed by atoms with van der Waals surface area (Å²) in [6.45, 7) is 0. The fraction of sp³-hybridized carbons (Fsp3) is 0. The van der Waals surface area contributed by atoms with E-state index in [0.717, 1.165) is 0 Å². The van der Waals surface area contributed by atoms with Crippen LogP contribution < -0.4 is 10.9 Å². The van der Waals surface area contributed by atoms with Crippen molar-refractivity contribution < 1.29 is 13.6 Å². The highest BCUT2D eigenvalue weighted by atomic mass is 19.1. The van der Waals surface area contributed by atoms with Crippen LogP contribution in [-0.2, 0) is 0 Å². The maximum Gasteiger partial charge on any atom is 0.270 e. The highest BCUT2D eigenvalue weighted by Gasteiger charge is 2.17. The number of carbonyl (C=O) groups is 1. The molecule has 2 aromatic heterocycles. The Labute approximate surface area is 159 Å². The average molecular weight is 375 g/mol. The number of amides is 1. The van der Waals surface area contributed by atoms with E-state index >= 15 is 0 Å². The summed E-state index contributed by atoms with van der Waals surface area (Å²) < 4.78 is 18.9. The molecule has 0 spiro atoms. The normalized spacial score (nSPS) is 10.5. The highest BCUT2D eigenvalue weighted by Crippen LogP contribution is 2.28. The number of hydrogen-bond donors (Lipinski definition) is 2. The number of rotatable bonds is 5. The lowest BCUT2D eigenvalue weighted by Gasteiger charge is -2.09. The van der Waals surface area contributed by atoms with E-state index in [1.165, 1.54) is 18.3 Å². The zero-order valence-corrected chi connectivity index (χ0v) is 14.5. The number of oxazole rings is 1. The van der Waals surface area contributed by atoms with Crippen LogP contribution in [0.15, 0.2) is 77.6 Å². The summed E-state index contributed by atoms with van der Waals surface area (Å²) in [5.74, 6) is 0.287. The van der Waals surface area contributed by atoms with Crippen LogP contribution in [0.4, 0.5) is 10.3 Å². The second-order valence-corrected chi connectivity index (χ2v) is 5.73. The number of halogens is 1. The molecule has 7 nitrogen and oxygen atoms in total. The van der Waals surface area contributed by atoms with Gasteiger partial charge in [0, 0.05) is 23.5 Å². The number of hydrazine groups is 1. The lowest BCUT2D eigenvalue weighted by molar-refractivity contribution is 0.0962. The van der Waals surface area contributed by atoms with E-state index in [1.807, 2.05) is 0 Å². The van der Waals surface area contributed by atoms with Crippen molar-refractivity contribution in [1.82, 2.24) is 20.4 Å². The largest absolute Gasteiger partial charge is 0.436 e. The van der Waals surface area contributed by atoms with Crippen molar-refractivity contribution in [2.75, 3.05) is 5.43 Å². The van der Waals surface area contributed by atoms with Crippen molar-refractivity contribution >= 4 is 11.9 Å². The summed E-state index contributed by atoms with van der Waals surface area (Å²) in [6.07, 6.45) is 4.64. The molecule has 0 aliphatic carbocycles. The van der Waals surface area contributed by atoms with Crippen molar-refractivity contribution in [2.45, 2.75) is 0 Å². The summed E-state index contributed by atoms with van der Waals surface area (Å²) in [4.78, 5) is 24.8. The van der Waals surface area contributed by atoms with E-state index in [4.69, 9.17) is 4.42 Å². The Morgan fingerprint density at radius 1 is 0.929 bits per heavy atom. The molecule has 0 radical (unpaired) electrons. The van der Waals surface area contributed by atoms with Crippen LogP contribution in [0.2, 0.25) is 0 Å². The number of anilines is 1. The Balaban J connectivity index is 1.58. The molecule has 1 amide bonds. The summed E-state index contributed by atoms with van der Waals surface area (Å²) in [5.41, 5.74) is 6.76. The van der Waals surface area contributed by atoms with Crippen LogP contribution in [0.1, 0.15) is 10.4 Å². The lowest BCUT2D eigenvalue weighted by Crippen LogP contribution is -2.30. The maximum atomic E-state index is 13.1. The minimum absolute atomic E-state index is 0.267. The van der Waals surface area contributed by atoms with Crippen LogP contribution in [0, 0.1) is 5.82 Å². The summed E-state index contributed by atoms with van der Waals surface area (Å²) in [7, 11) is 0. The van der Waals surface area contributed by atoms with E-state index in [9.17, 15) is 9.18 Å². The number of nitrogens with one attached hydrogen (secondary N) is 2. The Morgan fingerprint density at radius 3 is 2.46 bits per heavy atom. The van der Waals surface area contributed by atoms with Gasteiger partial charge in [-0.15, -0.1) is 0 Å². The quantitative estimate of drug-likeness (QED) is 0.517. The third kappa shape index (κ3) is 3.70. The molecule has 138 valence electrons. The van der Waals surface area contributed by atoms with Crippen molar-refractivity contribution in [1.29, 1.82) is 0 Å². The molecule has 4 rings (SSSR count). The first-order valence-corrected chi connectivity index (χ1v) is 8.35. The predicted octanol–water partition coefficient (Wildman–Crippen LogP) is 3.69. The molecular formula is C20H14FN5O2. The number of nitrogens with zero attached hydrogens (tertiary/aromatic N) is 3. The third-order valence-corrected chi connectivity index (χ3v) is 3.89. The van der Waals surface area contributed by atoms with E-state index in [1.54, 1.807) is 54.9 Å². The van der Waals surface area contributed by atoms with Crippen molar-refractivity contribution in [3.05, 3.63) is 84.6 Å². The van der Waals surface area contributed by atoms with Gasteiger partial charge in [-0.2, -0.15) is 0 Å². The average Bonchev–Trinajstić information content (AvgIpc) is 3.23. The van der Waals surface area contributed by atoms with Crippen molar-refractivity contribution in [3.8, 4) is 22.8 Å². The molecule has 8 heteroatoms. The minimum Gasteiger partial charge on any atom is -0.436 e. The number of carbonyl (C=O) groups excluding carboxylic acids is 1. The molecular weight excluding hydrogens is 361 g/mol. The molecule has 0 aliphatic rings. The summed E-state index contributed by atoms with van der Waals surface area (Å²) >= 11 is 0.